The highest BCUT2D eigenvalue weighted by atomic mass is 16.3. The van der Waals surface area contributed by atoms with E-state index in [0.717, 1.165) is 12.8 Å². The summed E-state index contributed by atoms with van der Waals surface area (Å²) >= 11 is 0. The van der Waals surface area contributed by atoms with Gasteiger partial charge in [-0.1, -0.05) is 44.4 Å². The van der Waals surface area contributed by atoms with E-state index in [-0.39, 0.29) is 12.2 Å². The number of hydrogen-bond acceptors (Lipinski definition) is 2. The van der Waals surface area contributed by atoms with E-state index in [2.05, 4.69) is 30.6 Å². The Morgan fingerprint density at radius 1 is 1.18 bits per heavy atom. The van der Waals surface area contributed by atoms with E-state index in [9.17, 15) is 9.90 Å². The highest BCUT2D eigenvalue weighted by molar-refractivity contribution is 5.76. The van der Waals surface area contributed by atoms with Crippen molar-refractivity contribution >= 4 is 5.78 Å². The summed E-state index contributed by atoms with van der Waals surface area (Å²) in [6, 6.07) is 0. The Hall–Kier alpha value is -1.25. The van der Waals surface area contributed by atoms with Gasteiger partial charge in [0.05, 0.1) is 0 Å². The lowest BCUT2D eigenvalue weighted by Crippen LogP contribution is -2.07. The monoisotopic (exact) mass is 234 g/mol. The molecule has 0 amide bonds. The molecular weight excluding hydrogens is 212 g/mol. The van der Waals surface area contributed by atoms with Crippen molar-refractivity contribution in [3.63, 3.8) is 0 Å². The molecule has 0 saturated heterocycles. The molecule has 0 aliphatic rings. The number of ketones is 1. The van der Waals surface area contributed by atoms with Crippen LogP contribution in [-0.2, 0) is 4.79 Å². The van der Waals surface area contributed by atoms with Crippen molar-refractivity contribution in [3.8, 4) is 23.7 Å². The second-order valence-electron chi connectivity index (χ2n) is 4.16. The van der Waals surface area contributed by atoms with Crippen molar-refractivity contribution in [2.75, 3.05) is 0 Å². The molecule has 17 heavy (non-hydrogen) atoms. The molecule has 0 bridgehead atoms. The third kappa shape index (κ3) is 12.7. The Bertz CT molecular complexity index is 322. The Balaban J connectivity index is 3.60. The van der Waals surface area contributed by atoms with E-state index < -0.39 is 6.10 Å². The number of aliphatic hydroxyl groups is 1. The minimum atomic E-state index is -0.869. The molecule has 0 radical (unpaired) electrons. The van der Waals surface area contributed by atoms with Crippen LogP contribution in [0.4, 0.5) is 0 Å². The van der Waals surface area contributed by atoms with Crippen LogP contribution in [-0.4, -0.2) is 17.0 Å². The third-order valence-corrected chi connectivity index (χ3v) is 2.28. The summed E-state index contributed by atoms with van der Waals surface area (Å²) < 4.78 is 0. The smallest absolute Gasteiger partial charge is 0.133 e. The fourth-order valence-corrected chi connectivity index (χ4v) is 1.37. The van der Waals surface area contributed by atoms with Crippen molar-refractivity contribution in [2.45, 2.75) is 64.9 Å². The van der Waals surface area contributed by atoms with Crippen LogP contribution in [0.15, 0.2) is 0 Å². The summed E-state index contributed by atoms with van der Waals surface area (Å²) in [6.45, 7) is 3.63. The zero-order valence-corrected chi connectivity index (χ0v) is 10.9. The second kappa shape index (κ2) is 11.2. The standard InChI is InChI=1S/C15H22O2/c1-3-4-5-6-7-8-9-10-11-12-15(17)13-14(2)16/h15,17H,3-8,13H2,1-2H3/t15-/m0/s1. The van der Waals surface area contributed by atoms with Gasteiger partial charge < -0.3 is 5.11 Å². The average Bonchev–Trinajstić information content (AvgIpc) is 2.26. The number of rotatable bonds is 7. The van der Waals surface area contributed by atoms with E-state index in [1.165, 1.54) is 32.6 Å². The first-order valence-electron chi connectivity index (χ1n) is 6.32. The van der Waals surface area contributed by atoms with Gasteiger partial charge >= 0.3 is 0 Å². The molecule has 0 rings (SSSR count). The molecule has 0 unspecified atom stereocenters. The quantitative estimate of drug-likeness (QED) is 0.543. The molecule has 0 heterocycles. The lowest BCUT2D eigenvalue weighted by Gasteiger charge is -1.95. The molecule has 0 fully saturated rings. The van der Waals surface area contributed by atoms with Gasteiger partial charge in [0.2, 0.25) is 0 Å². The molecule has 2 nitrogen and oxygen atoms in total. The largest absolute Gasteiger partial charge is 0.380 e. The van der Waals surface area contributed by atoms with Gasteiger partial charge in [-0.2, -0.15) is 0 Å². The fraction of sp³-hybridized carbons (Fsp3) is 0.667. The van der Waals surface area contributed by atoms with Crippen LogP contribution in [0.3, 0.4) is 0 Å². The molecule has 2 heteroatoms. The molecular formula is C15H22O2. The molecule has 0 aromatic rings. The van der Waals surface area contributed by atoms with Crippen LogP contribution in [0.1, 0.15) is 58.8 Å². The van der Waals surface area contributed by atoms with E-state index >= 15 is 0 Å². The zero-order valence-electron chi connectivity index (χ0n) is 10.9. The fourth-order valence-electron chi connectivity index (χ4n) is 1.37. The number of carbonyl (C=O) groups excluding carboxylic acids is 1. The van der Waals surface area contributed by atoms with Gasteiger partial charge in [0.1, 0.15) is 11.9 Å². The highest BCUT2D eigenvalue weighted by Gasteiger charge is 2.01. The van der Waals surface area contributed by atoms with E-state index in [1.54, 1.807) is 0 Å². The van der Waals surface area contributed by atoms with Crippen LogP contribution < -0.4 is 0 Å². The number of hydrogen-bond donors (Lipinski definition) is 1. The summed E-state index contributed by atoms with van der Waals surface area (Å²) in [5.41, 5.74) is 0. The van der Waals surface area contributed by atoms with Gasteiger partial charge in [0.25, 0.3) is 0 Å². The first kappa shape index (κ1) is 15.8. The Kier molecular flexibility index (Phi) is 10.4. The van der Waals surface area contributed by atoms with Gasteiger partial charge in [-0.3, -0.25) is 4.79 Å². The zero-order chi connectivity index (χ0) is 12.9. The minimum Gasteiger partial charge on any atom is -0.380 e. The van der Waals surface area contributed by atoms with Gasteiger partial charge in [-0.05, 0) is 25.2 Å². The normalized spacial score (nSPS) is 10.8. The summed E-state index contributed by atoms with van der Waals surface area (Å²) in [4.78, 5) is 10.7. The maximum absolute atomic E-state index is 10.7. The molecule has 94 valence electrons. The van der Waals surface area contributed by atoms with Crippen molar-refractivity contribution in [1.82, 2.24) is 0 Å². The van der Waals surface area contributed by atoms with Crippen LogP contribution in [0.25, 0.3) is 0 Å². The summed E-state index contributed by atoms with van der Waals surface area (Å²) in [5.74, 6) is 10.7. The summed E-state index contributed by atoms with van der Waals surface area (Å²) in [7, 11) is 0. The molecule has 0 aliphatic heterocycles. The van der Waals surface area contributed by atoms with Crippen molar-refractivity contribution in [2.24, 2.45) is 0 Å². The third-order valence-electron chi connectivity index (χ3n) is 2.28. The topological polar surface area (TPSA) is 37.3 Å². The second-order valence-corrected chi connectivity index (χ2v) is 4.16. The minimum absolute atomic E-state index is 0.0596. The van der Waals surface area contributed by atoms with Gasteiger partial charge in [0, 0.05) is 12.8 Å². The maximum Gasteiger partial charge on any atom is 0.133 e. The lowest BCUT2D eigenvalue weighted by molar-refractivity contribution is -0.118. The molecule has 0 aromatic carbocycles. The Morgan fingerprint density at radius 2 is 1.88 bits per heavy atom. The average molecular weight is 234 g/mol. The van der Waals surface area contributed by atoms with Crippen LogP contribution in [0.2, 0.25) is 0 Å². The van der Waals surface area contributed by atoms with Gasteiger partial charge in [0.15, 0.2) is 0 Å². The predicted octanol–water partition coefficient (Wildman–Crippen LogP) is 2.69. The van der Waals surface area contributed by atoms with E-state index in [0.29, 0.717) is 0 Å². The van der Waals surface area contributed by atoms with Crippen molar-refractivity contribution in [1.29, 1.82) is 0 Å². The molecule has 1 atom stereocenters. The number of carbonyl (C=O) groups is 1. The first-order valence-corrected chi connectivity index (χ1v) is 6.32. The molecule has 0 spiro atoms. The first-order chi connectivity index (χ1) is 8.16. The highest BCUT2D eigenvalue weighted by Crippen LogP contribution is 2.03. The van der Waals surface area contributed by atoms with Crippen molar-refractivity contribution < 1.29 is 9.90 Å². The SMILES string of the molecule is CCCCCCCC#CC#C[C@H](O)CC(C)=O. The van der Waals surface area contributed by atoms with Crippen molar-refractivity contribution in [3.05, 3.63) is 0 Å². The Morgan fingerprint density at radius 3 is 2.53 bits per heavy atom. The van der Waals surface area contributed by atoms with Gasteiger partial charge in [-0.15, -0.1) is 0 Å². The predicted molar refractivity (Wildman–Crippen MR) is 70.2 cm³/mol. The molecule has 0 aliphatic carbocycles. The summed E-state index contributed by atoms with van der Waals surface area (Å²) in [5, 5.41) is 9.26. The number of unbranched alkanes of at least 4 members (excludes halogenated alkanes) is 5. The van der Waals surface area contributed by atoms with E-state index in [1.807, 2.05) is 0 Å². The molecule has 1 N–H and O–H groups in total. The number of Topliss-reactive ketones (excluding diaryl/α,β-unsaturated/α-hetero) is 1. The Labute approximate surface area is 105 Å². The van der Waals surface area contributed by atoms with Gasteiger partial charge in [-0.25, -0.2) is 0 Å². The van der Waals surface area contributed by atoms with Crippen LogP contribution in [0.5, 0.6) is 0 Å². The van der Waals surface area contributed by atoms with Crippen LogP contribution >= 0.6 is 0 Å². The molecule has 0 aromatic heterocycles. The molecule has 0 saturated carbocycles. The number of aliphatic hydroxyl groups excluding tert-OH is 1. The summed E-state index contributed by atoms with van der Waals surface area (Å²) in [6.07, 6.45) is 6.25. The lowest BCUT2D eigenvalue weighted by atomic mass is 10.1. The van der Waals surface area contributed by atoms with E-state index in [4.69, 9.17) is 0 Å². The maximum atomic E-state index is 10.7. The van der Waals surface area contributed by atoms with Crippen LogP contribution in [0, 0.1) is 23.7 Å².